The van der Waals surface area contributed by atoms with Crippen LogP contribution in [0.25, 0.3) is 0 Å². The molecule has 0 spiro atoms. The summed E-state index contributed by atoms with van der Waals surface area (Å²) in [6, 6.07) is 9.56. The first-order valence-electron chi connectivity index (χ1n) is 8.99. The smallest absolute Gasteiger partial charge is 0.287 e. The molecule has 2 aromatic rings. The van der Waals surface area contributed by atoms with Crippen LogP contribution in [0, 0.1) is 5.92 Å². The summed E-state index contributed by atoms with van der Waals surface area (Å²) in [6.45, 7) is 3.47. The van der Waals surface area contributed by atoms with Crippen molar-refractivity contribution in [2.75, 3.05) is 5.32 Å². The molecule has 1 saturated carbocycles. The van der Waals surface area contributed by atoms with Gasteiger partial charge in [-0.05, 0) is 56.5 Å². The maximum atomic E-state index is 12.3. The second kappa shape index (κ2) is 8.07. The molecule has 1 heterocycles. The molecule has 7 nitrogen and oxygen atoms in total. The molecule has 0 saturated heterocycles. The van der Waals surface area contributed by atoms with Crippen LogP contribution in [0.15, 0.2) is 47.1 Å². The van der Waals surface area contributed by atoms with E-state index >= 15 is 0 Å². The van der Waals surface area contributed by atoms with Gasteiger partial charge in [-0.15, -0.1) is 0 Å². The van der Waals surface area contributed by atoms with Crippen LogP contribution >= 0.6 is 0 Å². The monoisotopic (exact) mass is 369 g/mol. The van der Waals surface area contributed by atoms with Crippen LogP contribution in [-0.4, -0.2) is 23.8 Å². The lowest BCUT2D eigenvalue weighted by molar-refractivity contribution is -0.123. The normalized spacial score (nSPS) is 15.5. The predicted octanol–water partition coefficient (Wildman–Crippen LogP) is 2.62. The molecule has 142 valence electrons. The van der Waals surface area contributed by atoms with Crippen molar-refractivity contribution in [3.63, 3.8) is 0 Å². The lowest BCUT2D eigenvalue weighted by atomic mass is 10.1. The molecule has 2 unspecified atom stereocenters. The third kappa shape index (κ3) is 4.97. The molecule has 0 aliphatic heterocycles. The Morgan fingerprint density at radius 3 is 2.33 bits per heavy atom. The largest absolute Gasteiger partial charge is 0.459 e. The number of nitrogens with one attached hydrogen (secondary N) is 3. The van der Waals surface area contributed by atoms with Gasteiger partial charge in [-0.2, -0.15) is 0 Å². The molecule has 7 heteroatoms. The minimum absolute atomic E-state index is 0.0604. The Balaban J connectivity index is 1.51. The van der Waals surface area contributed by atoms with Crippen LogP contribution < -0.4 is 16.0 Å². The van der Waals surface area contributed by atoms with Gasteiger partial charge in [-0.1, -0.05) is 12.1 Å². The van der Waals surface area contributed by atoms with E-state index in [4.69, 9.17) is 4.42 Å². The van der Waals surface area contributed by atoms with Gasteiger partial charge >= 0.3 is 0 Å². The van der Waals surface area contributed by atoms with Crippen LogP contribution in [0.2, 0.25) is 0 Å². The first kappa shape index (κ1) is 18.7. The topological polar surface area (TPSA) is 100 Å². The molecule has 1 aromatic heterocycles. The van der Waals surface area contributed by atoms with Gasteiger partial charge in [0, 0.05) is 11.6 Å². The number of anilines is 1. The summed E-state index contributed by atoms with van der Waals surface area (Å²) in [4.78, 5) is 36.0. The highest BCUT2D eigenvalue weighted by Crippen LogP contribution is 2.30. The van der Waals surface area contributed by atoms with E-state index in [2.05, 4.69) is 16.0 Å². The van der Waals surface area contributed by atoms with Crippen molar-refractivity contribution in [3.8, 4) is 0 Å². The van der Waals surface area contributed by atoms with Gasteiger partial charge < -0.3 is 20.4 Å². The Morgan fingerprint density at radius 2 is 1.74 bits per heavy atom. The highest BCUT2D eigenvalue weighted by molar-refractivity contribution is 5.95. The zero-order chi connectivity index (χ0) is 19.4. The lowest BCUT2D eigenvalue weighted by Gasteiger charge is -2.19. The molecule has 1 aromatic carbocycles. The summed E-state index contributed by atoms with van der Waals surface area (Å²) in [7, 11) is 0. The first-order chi connectivity index (χ1) is 12.9. The zero-order valence-corrected chi connectivity index (χ0v) is 15.3. The van der Waals surface area contributed by atoms with E-state index in [9.17, 15) is 14.4 Å². The van der Waals surface area contributed by atoms with Crippen LogP contribution in [-0.2, 0) is 9.59 Å². The van der Waals surface area contributed by atoms with E-state index in [1.165, 1.54) is 12.3 Å². The van der Waals surface area contributed by atoms with Crippen molar-refractivity contribution in [1.82, 2.24) is 10.6 Å². The molecular weight excluding hydrogens is 346 g/mol. The molecule has 0 bridgehead atoms. The minimum atomic E-state index is -0.706. The van der Waals surface area contributed by atoms with Crippen LogP contribution in [0.4, 0.5) is 5.69 Å². The Morgan fingerprint density at radius 1 is 1.04 bits per heavy atom. The first-order valence-corrected chi connectivity index (χ1v) is 8.99. The fourth-order valence-electron chi connectivity index (χ4n) is 2.61. The van der Waals surface area contributed by atoms with E-state index in [1.807, 2.05) is 31.2 Å². The highest BCUT2D eigenvalue weighted by Gasteiger charge is 2.29. The Hall–Kier alpha value is -3.09. The average molecular weight is 369 g/mol. The molecule has 1 fully saturated rings. The summed E-state index contributed by atoms with van der Waals surface area (Å²) in [5.41, 5.74) is 1.64. The van der Waals surface area contributed by atoms with Gasteiger partial charge in [0.2, 0.25) is 11.8 Å². The third-order valence-electron chi connectivity index (χ3n) is 4.47. The fraction of sp³-hybridized carbons (Fsp3) is 0.350. The van der Waals surface area contributed by atoms with Crippen molar-refractivity contribution in [2.24, 2.45) is 5.92 Å². The van der Waals surface area contributed by atoms with Gasteiger partial charge in [-0.3, -0.25) is 14.4 Å². The van der Waals surface area contributed by atoms with E-state index in [0.717, 1.165) is 24.1 Å². The van der Waals surface area contributed by atoms with Crippen molar-refractivity contribution < 1.29 is 18.8 Å². The standard InChI is InChI=1S/C20H23N3O4/c1-12(14-7-9-16(10-8-14)23-19(25)15-5-6-15)21-18(24)13(2)22-20(26)17-4-3-11-27-17/h3-4,7-13,15H,5-6H2,1-2H3,(H,21,24)(H,22,26)(H,23,25). The highest BCUT2D eigenvalue weighted by atomic mass is 16.3. The van der Waals surface area contributed by atoms with Crippen molar-refractivity contribution in [1.29, 1.82) is 0 Å². The number of carbonyl (C=O) groups excluding carboxylic acids is 3. The van der Waals surface area contributed by atoms with E-state index < -0.39 is 11.9 Å². The molecule has 1 aliphatic carbocycles. The molecule has 3 N–H and O–H groups in total. The average Bonchev–Trinajstić information content (AvgIpc) is 3.36. The quantitative estimate of drug-likeness (QED) is 0.698. The minimum Gasteiger partial charge on any atom is -0.459 e. The van der Waals surface area contributed by atoms with Gasteiger partial charge in [-0.25, -0.2) is 0 Å². The van der Waals surface area contributed by atoms with Crippen molar-refractivity contribution in [2.45, 2.75) is 38.8 Å². The summed E-state index contributed by atoms with van der Waals surface area (Å²) in [5, 5.41) is 8.34. The summed E-state index contributed by atoms with van der Waals surface area (Å²) < 4.78 is 5.01. The maximum Gasteiger partial charge on any atom is 0.287 e. The van der Waals surface area contributed by atoms with E-state index in [1.54, 1.807) is 13.0 Å². The predicted molar refractivity (Wildman–Crippen MR) is 100.0 cm³/mol. The molecule has 0 radical (unpaired) electrons. The number of rotatable bonds is 7. The summed E-state index contributed by atoms with van der Waals surface area (Å²) in [6.07, 6.45) is 3.32. The van der Waals surface area contributed by atoms with Crippen molar-refractivity contribution in [3.05, 3.63) is 54.0 Å². The number of hydrogen-bond donors (Lipinski definition) is 3. The maximum absolute atomic E-state index is 12.3. The van der Waals surface area contributed by atoms with E-state index in [-0.39, 0.29) is 29.5 Å². The molecule has 3 amide bonds. The third-order valence-corrected chi connectivity index (χ3v) is 4.47. The second-order valence-electron chi connectivity index (χ2n) is 6.79. The molecule has 3 rings (SSSR count). The number of benzene rings is 1. The molecule has 27 heavy (non-hydrogen) atoms. The Kier molecular flexibility index (Phi) is 5.59. The number of hydrogen-bond acceptors (Lipinski definition) is 4. The number of furan rings is 1. The lowest BCUT2D eigenvalue weighted by Crippen LogP contribution is -2.45. The van der Waals surface area contributed by atoms with Gasteiger partial charge in [0.15, 0.2) is 5.76 Å². The second-order valence-corrected chi connectivity index (χ2v) is 6.79. The number of amides is 3. The van der Waals surface area contributed by atoms with Crippen LogP contribution in [0.5, 0.6) is 0 Å². The zero-order valence-electron chi connectivity index (χ0n) is 15.3. The van der Waals surface area contributed by atoms with Crippen molar-refractivity contribution >= 4 is 23.4 Å². The molecule has 2 atom stereocenters. The number of carbonyl (C=O) groups is 3. The molecular formula is C20H23N3O4. The SMILES string of the molecule is CC(NC(=O)c1ccco1)C(=O)NC(C)c1ccc(NC(=O)C2CC2)cc1. The van der Waals surface area contributed by atoms with E-state index in [0.29, 0.717) is 0 Å². The fourth-order valence-corrected chi connectivity index (χ4v) is 2.61. The van der Waals surface area contributed by atoms with Gasteiger partial charge in [0.1, 0.15) is 6.04 Å². The Bertz CT molecular complexity index is 810. The Labute approximate surface area is 157 Å². The molecule has 1 aliphatic rings. The van der Waals surface area contributed by atoms with Crippen LogP contribution in [0.1, 0.15) is 48.8 Å². The van der Waals surface area contributed by atoms with Crippen LogP contribution in [0.3, 0.4) is 0 Å². The summed E-state index contributed by atoms with van der Waals surface area (Å²) >= 11 is 0. The van der Waals surface area contributed by atoms with Gasteiger partial charge in [0.05, 0.1) is 12.3 Å². The van der Waals surface area contributed by atoms with Gasteiger partial charge in [0.25, 0.3) is 5.91 Å². The summed E-state index contributed by atoms with van der Waals surface area (Å²) in [5.74, 6) is -0.364.